The lowest BCUT2D eigenvalue weighted by Gasteiger charge is -2.02. The number of fused-ring (bicyclic) bond motifs is 1. The van der Waals surface area contributed by atoms with E-state index in [1.165, 1.54) is 0 Å². The normalized spacial score (nSPS) is 12.4. The minimum absolute atomic E-state index is 0.195. The SMILES string of the molecule is N#CCCn1cc(/C=C(\C#N)c2ccccn2)c(-c2ccc3c(c2)OCO3)n1. The van der Waals surface area contributed by atoms with Gasteiger partial charge < -0.3 is 9.47 Å². The van der Waals surface area contributed by atoms with E-state index in [2.05, 4.69) is 22.2 Å². The summed E-state index contributed by atoms with van der Waals surface area (Å²) in [6.45, 7) is 0.660. The van der Waals surface area contributed by atoms with Gasteiger partial charge in [0.25, 0.3) is 0 Å². The minimum atomic E-state index is 0.195. The molecule has 2 aromatic heterocycles. The fourth-order valence-electron chi connectivity index (χ4n) is 2.93. The molecule has 4 rings (SSSR count). The molecule has 7 nitrogen and oxygen atoms in total. The van der Waals surface area contributed by atoms with E-state index in [1.54, 1.807) is 29.1 Å². The monoisotopic (exact) mass is 369 g/mol. The fourth-order valence-corrected chi connectivity index (χ4v) is 2.93. The van der Waals surface area contributed by atoms with Crippen molar-refractivity contribution in [1.82, 2.24) is 14.8 Å². The lowest BCUT2D eigenvalue weighted by molar-refractivity contribution is 0.174. The van der Waals surface area contributed by atoms with Crippen molar-refractivity contribution in [3.8, 4) is 34.9 Å². The van der Waals surface area contributed by atoms with E-state index in [0.717, 1.165) is 11.1 Å². The largest absolute Gasteiger partial charge is 0.454 e. The molecule has 1 aromatic carbocycles. The molecule has 0 aliphatic carbocycles. The number of allylic oxidation sites excluding steroid dienone is 1. The van der Waals surface area contributed by atoms with Crippen LogP contribution in [0.2, 0.25) is 0 Å². The van der Waals surface area contributed by atoms with Crippen molar-refractivity contribution < 1.29 is 9.47 Å². The average molecular weight is 369 g/mol. The number of pyridine rings is 1. The van der Waals surface area contributed by atoms with Crippen molar-refractivity contribution >= 4 is 11.6 Å². The average Bonchev–Trinajstić information content (AvgIpc) is 3.37. The molecule has 0 N–H and O–H groups in total. The molecule has 0 atom stereocenters. The lowest BCUT2D eigenvalue weighted by Crippen LogP contribution is -1.97. The fraction of sp³-hybridized carbons (Fsp3) is 0.143. The lowest BCUT2D eigenvalue weighted by atomic mass is 10.0. The number of aromatic nitrogens is 3. The van der Waals surface area contributed by atoms with Crippen molar-refractivity contribution in [3.05, 3.63) is 60.0 Å². The summed E-state index contributed by atoms with van der Waals surface area (Å²) in [4.78, 5) is 4.25. The third-order valence-electron chi connectivity index (χ3n) is 4.25. The Morgan fingerprint density at radius 3 is 2.86 bits per heavy atom. The summed E-state index contributed by atoms with van der Waals surface area (Å²) in [5.41, 5.74) is 3.32. The van der Waals surface area contributed by atoms with Gasteiger partial charge in [-0.2, -0.15) is 15.6 Å². The standard InChI is InChI=1S/C21H15N5O2/c22-7-3-9-26-13-17(10-16(12-23)18-4-1-2-8-24-18)21(25-26)15-5-6-19-20(11-15)28-14-27-19/h1-2,4-6,8,10-11,13H,3,9,14H2/b16-10+. The Morgan fingerprint density at radius 2 is 2.07 bits per heavy atom. The molecular weight excluding hydrogens is 354 g/mol. The summed E-state index contributed by atoms with van der Waals surface area (Å²) in [6, 6.07) is 15.3. The van der Waals surface area contributed by atoms with Crippen LogP contribution in [-0.4, -0.2) is 21.6 Å². The first kappa shape index (κ1) is 17.3. The summed E-state index contributed by atoms with van der Waals surface area (Å²) in [6.07, 6.45) is 5.59. The zero-order chi connectivity index (χ0) is 19.3. The maximum absolute atomic E-state index is 9.61. The third kappa shape index (κ3) is 3.42. The Hall–Kier alpha value is -4.10. The van der Waals surface area contributed by atoms with E-state index in [9.17, 15) is 5.26 Å². The summed E-state index contributed by atoms with van der Waals surface area (Å²) in [5, 5.41) is 23.1. The minimum Gasteiger partial charge on any atom is -0.454 e. The van der Waals surface area contributed by atoms with Crippen LogP contribution in [0.1, 0.15) is 17.7 Å². The van der Waals surface area contributed by atoms with Crippen LogP contribution >= 0.6 is 0 Å². The first-order valence-electron chi connectivity index (χ1n) is 8.66. The molecule has 7 heteroatoms. The van der Waals surface area contributed by atoms with E-state index < -0.39 is 0 Å². The van der Waals surface area contributed by atoms with Crippen LogP contribution in [0.4, 0.5) is 0 Å². The summed E-state index contributed by atoms with van der Waals surface area (Å²) in [7, 11) is 0. The Morgan fingerprint density at radius 1 is 1.18 bits per heavy atom. The second kappa shape index (κ2) is 7.65. The predicted molar refractivity (Wildman–Crippen MR) is 102 cm³/mol. The Labute approximate surface area is 161 Å². The molecular formula is C21H15N5O2. The van der Waals surface area contributed by atoms with E-state index in [0.29, 0.717) is 41.4 Å². The van der Waals surface area contributed by atoms with Gasteiger partial charge in [-0.3, -0.25) is 9.67 Å². The van der Waals surface area contributed by atoms with Gasteiger partial charge in [0, 0.05) is 23.5 Å². The number of nitriles is 2. The van der Waals surface area contributed by atoms with Gasteiger partial charge in [0.15, 0.2) is 11.5 Å². The quantitative estimate of drug-likeness (QED) is 0.637. The Kier molecular flexibility index (Phi) is 4.73. The molecule has 0 saturated heterocycles. The highest BCUT2D eigenvalue weighted by Gasteiger charge is 2.17. The molecule has 3 heterocycles. The highest BCUT2D eigenvalue weighted by molar-refractivity contribution is 5.91. The van der Waals surface area contributed by atoms with Crippen LogP contribution in [0.25, 0.3) is 22.9 Å². The summed E-state index contributed by atoms with van der Waals surface area (Å²) >= 11 is 0. The first-order chi connectivity index (χ1) is 13.8. The molecule has 0 bridgehead atoms. The third-order valence-corrected chi connectivity index (χ3v) is 4.25. The Bertz CT molecular complexity index is 1120. The number of ether oxygens (including phenoxy) is 2. The maximum atomic E-state index is 9.61. The van der Waals surface area contributed by atoms with Crippen LogP contribution in [0.15, 0.2) is 48.8 Å². The van der Waals surface area contributed by atoms with Crippen molar-refractivity contribution in [2.75, 3.05) is 6.79 Å². The second-order valence-corrected chi connectivity index (χ2v) is 6.06. The molecule has 3 aromatic rings. The molecule has 0 radical (unpaired) electrons. The molecule has 1 aliphatic rings. The Balaban J connectivity index is 1.80. The number of hydrogen-bond acceptors (Lipinski definition) is 6. The van der Waals surface area contributed by atoms with Crippen molar-refractivity contribution in [2.45, 2.75) is 13.0 Å². The number of rotatable bonds is 5. The van der Waals surface area contributed by atoms with Crippen molar-refractivity contribution in [3.63, 3.8) is 0 Å². The van der Waals surface area contributed by atoms with E-state index in [-0.39, 0.29) is 6.79 Å². The van der Waals surface area contributed by atoms with Crippen LogP contribution in [0.3, 0.4) is 0 Å². The van der Waals surface area contributed by atoms with Gasteiger partial charge in [-0.15, -0.1) is 0 Å². The molecule has 0 unspecified atom stereocenters. The maximum Gasteiger partial charge on any atom is 0.231 e. The van der Waals surface area contributed by atoms with Gasteiger partial charge in [-0.05, 0) is 36.4 Å². The van der Waals surface area contributed by atoms with E-state index in [1.807, 2.05) is 30.5 Å². The highest BCUT2D eigenvalue weighted by Crippen LogP contribution is 2.37. The van der Waals surface area contributed by atoms with Crippen molar-refractivity contribution in [2.24, 2.45) is 0 Å². The summed E-state index contributed by atoms with van der Waals surface area (Å²) in [5.74, 6) is 1.35. The van der Waals surface area contributed by atoms with Crippen molar-refractivity contribution in [1.29, 1.82) is 10.5 Å². The first-order valence-corrected chi connectivity index (χ1v) is 8.66. The molecule has 0 fully saturated rings. The number of benzene rings is 1. The summed E-state index contributed by atoms with van der Waals surface area (Å²) < 4.78 is 12.5. The van der Waals surface area contributed by atoms with Gasteiger partial charge in [0.2, 0.25) is 6.79 Å². The van der Waals surface area contributed by atoms with Crippen LogP contribution < -0.4 is 9.47 Å². The second-order valence-electron chi connectivity index (χ2n) is 6.06. The zero-order valence-electron chi connectivity index (χ0n) is 14.9. The van der Waals surface area contributed by atoms with Crippen LogP contribution in [0, 0.1) is 22.7 Å². The van der Waals surface area contributed by atoms with Gasteiger partial charge in [-0.1, -0.05) is 6.07 Å². The number of nitrogens with zero attached hydrogens (tertiary/aromatic N) is 5. The molecule has 136 valence electrons. The molecule has 0 saturated carbocycles. The van der Waals surface area contributed by atoms with E-state index >= 15 is 0 Å². The van der Waals surface area contributed by atoms with Crippen LogP contribution in [0.5, 0.6) is 11.5 Å². The molecule has 28 heavy (non-hydrogen) atoms. The van der Waals surface area contributed by atoms with Gasteiger partial charge in [0.05, 0.1) is 36.0 Å². The molecule has 0 amide bonds. The van der Waals surface area contributed by atoms with Gasteiger partial charge in [-0.25, -0.2) is 0 Å². The molecule has 0 spiro atoms. The number of aryl methyl sites for hydroxylation is 1. The predicted octanol–water partition coefficient (Wildman–Crippen LogP) is 3.65. The number of hydrogen-bond donors (Lipinski definition) is 0. The topological polar surface area (TPSA) is 96.8 Å². The van der Waals surface area contributed by atoms with E-state index in [4.69, 9.17) is 14.7 Å². The molecule has 1 aliphatic heterocycles. The highest BCUT2D eigenvalue weighted by atomic mass is 16.7. The van der Waals surface area contributed by atoms with Crippen LogP contribution in [-0.2, 0) is 6.54 Å². The zero-order valence-corrected chi connectivity index (χ0v) is 14.9. The van der Waals surface area contributed by atoms with Gasteiger partial charge >= 0.3 is 0 Å². The smallest absolute Gasteiger partial charge is 0.231 e. The van der Waals surface area contributed by atoms with Gasteiger partial charge in [0.1, 0.15) is 6.07 Å².